The molecule has 1 aliphatic rings. The summed E-state index contributed by atoms with van der Waals surface area (Å²) in [5, 5.41) is 2.30. The molecule has 0 aliphatic heterocycles. The van der Waals surface area contributed by atoms with E-state index in [1.807, 2.05) is 24.5 Å². The standard InChI is InChI=1S/C24H14N4/c1-2-5-16-14(4-1)10-15-11-18-19(12-17(15)16)24-27-20-7-9-25-13-22(20)28(24)21-6-3-8-26-23(18)21/h1-9,11-13H,10H2. The van der Waals surface area contributed by atoms with E-state index in [1.165, 1.54) is 22.3 Å². The third-order valence-corrected chi connectivity index (χ3v) is 5.91. The van der Waals surface area contributed by atoms with Crippen LogP contribution in [-0.4, -0.2) is 19.4 Å². The molecule has 0 atom stereocenters. The summed E-state index contributed by atoms with van der Waals surface area (Å²) >= 11 is 0. The molecule has 4 nitrogen and oxygen atoms in total. The van der Waals surface area contributed by atoms with Crippen LogP contribution >= 0.6 is 0 Å². The predicted octanol–water partition coefficient (Wildman–Crippen LogP) is 5.16. The molecule has 130 valence electrons. The van der Waals surface area contributed by atoms with Crippen molar-refractivity contribution in [3.8, 4) is 11.1 Å². The molecule has 0 saturated heterocycles. The fourth-order valence-corrected chi connectivity index (χ4v) is 4.70. The lowest BCUT2D eigenvalue weighted by Crippen LogP contribution is -1.94. The lowest BCUT2D eigenvalue weighted by atomic mass is 10.0. The van der Waals surface area contributed by atoms with Crippen LogP contribution in [-0.2, 0) is 6.42 Å². The molecule has 2 aromatic carbocycles. The summed E-state index contributed by atoms with van der Waals surface area (Å²) < 4.78 is 2.19. The van der Waals surface area contributed by atoms with E-state index >= 15 is 0 Å². The first-order valence-corrected chi connectivity index (χ1v) is 9.42. The summed E-state index contributed by atoms with van der Waals surface area (Å²) in [5.41, 5.74) is 10.4. The minimum Gasteiger partial charge on any atom is -0.289 e. The largest absolute Gasteiger partial charge is 0.289 e. The van der Waals surface area contributed by atoms with Crippen molar-refractivity contribution in [3.63, 3.8) is 0 Å². The van der Waals surface area contributed by atoms with Gasteiger partial charge in [-0.2, -0.15) is 0 Å². The molecule has 0 saturated carbocycles. The predicted molar refractivity (Wildman–Crippen MR) is 112 cm³/mol. The number of hydrogen-bond donors (Lipinski definition) is 0. The monoisotopic (exact) mass is 358 g/mol. The molecule has 0 radical (unpaired) electrons. The molecule has 7 rings (SSSR count). The van der Waals surface area contributed by atoms with Crippen LogP contribution in [0.4, 0.5) is 0 Å². The fourth-order valence-electron chi connectivity index (χ4n) is 4.70. The van der Waals surface area contributed by atoms with E-state index in [9.17, 15) is 0 Å². The fraction of sp³-hybridized carbons (Fsp3) is 0.0417. The number of nitrogens with zero attached hydrogens (tertiary/aromatic N) is 4. The van der Waals surface area contributed by atoms with E-state index in [-0.39, 0.29) is 0 Å². The average Bonchev–Trinajstić information content (AvgIpc) is 3.31. The van der Waals surface area contributed by atoms with Gasteiger partial charge in [0.1, 0.15) is 5.65 Å². The molecular weight excluding hydrogens is 344 g/mol. The lowest BCUT2D eigenvalue weighted by Gasteiger charge is -2.10. The Balaban J connectivity index is 1.75. The highest BCUT2D eigenvalue weighted by atomic mass is 15.0. The van der Waals surface area contributed by atoms with Gasteiger partial charge in [-0.1, -0.05) is 24.3 Å². The summed E-state index contributed by atoms with van der Waals surface area (Å²) in [5.74, 6) is 0. The molecule has 0 fully saturated rings. The Hall–Kier alpha value is -3.79. The molecule has 28 heavy (non-hydrogen) atoms. The van der Waals surface area contributed by atoms with Gasteiger partial charge in [0, 0.05) is 23.2 Å². The second-order valence-corrected chi connectivity index (χ2v) is 7.40. The van der Waals surface area contributed by atoms with Crippen molar-refractivity contribution in [2.45, 2.75) is 6.42 Å². The Kier molecular flexibility index (Phi) is 2.51. The first kappa shape index (κ1) is 14.3. The summed E-state index contributed by atoms with van der Waals surface area (Å²) in [6.45, 7) is 0. The zero-order chi connectivity index (χ0) is 18.2. The molecule has 1 aliphatic carbocycles. The Morgan fingerprint density at radius 3 is 2.75 bits per heavy atom. The van der Waals surface area contributed by atoms with Gasteiger partial charge in [-0.3, -0.25) is 14.4 Å². The summed E-state index contributed by atoms with van der Waals surface area (Å²) in [4.78, 5) is 14.1. The maximum absolute atomic E-state index is 4.97. The number of pyridine rings is 3. The van der Waals surface area contributed by atoms with E-state index in [0.717, 1.165) is 44.9 Å². The second kappa shape index (κ2) is 4.93. The normalized spacial score (nSPS) is 12.9. The maximum atomic E-state index is 4.97. The quantitative estimate of drug-likeness (QED) is 0.352. The Bertz CT molecular complexity index is 1590. The van der Waals surface area contributed by atoms with Crippen LogP contribution in [0.1, 0.15) is 11.1 Å². The molecule has 0 unspecified atom stereocenters. The van der Waals surface area contributed by atoms with Crippen molar-refractivity contribution in [2.24, 2.45) is 0 Å². The number of imidazole rings is 1. The van der Waals surface area contributed by atoms with Gasteiger partial charge in [0.05, 0.1) is 28.3 Å². The average molecular weight is 358 g/mol. The van der Waals surface area contributed by atoms with Crippen molar-refractivity contribution < 1.29 is 0 Å². The topological polar surface area (TPSA) is 43.1 Å². The van der Waals surface area contributed by atoms with Crippen molar-refractivity contribution in [1.82, 2.24) is 19.4 Å². The van der Waals surface area contributed by atoms with E-state index in [2.05, 4.69) is 51.8 Å². The highest BCUT2D eigenvalue weighted by molar-refractivity contribution is 6.13. The van der Waals surface area contributed by atoms with E-state index < -0.39 is 0 Å². The van der Waals surface area contributed by atoms with Crippen LogP contribution in [0.5, 0.6) is 0 Å². The first-order valence-electron chi connectivity index (χ1n) is 9.42. The van der Waals surface area contributed by atoms with Gasteiger partial charge in [-0.05, 0) is 59.0 Å². The van der Waals surface area contributed by atoms with Gasteiger partial charge >= 0.3 is 0 Å². The van der Waals surface area contributed by atoms with E-state index in [4.69, 9.17) is 9.97 Å². The van der Waals surface area contributed by atoms with Crippen LogP contribution in [0.25, 0.3) is 49.6 Å². The van der Waals surface area contributed by atoms with Crippen LogP contribution in [0.2, 0.25) is 0 Å². The van der Waals surface area contributed by atoms with Gasteiger partial charge in [-0.15, -0.1) is 0 Å². The molecule has 0 N–H and O–H groups in total. The number of rotatable bonds is 0. The van der Waals surface area contributed by atoms with Gasteiger partial charge in [0.2, 0.25) is 0 Å². The Labute approximate surface area is 160 Å². The van der Waals surface area contributed by atoms with Gasteiger partial charge in [-0.25, -0.2) is 4.98 Å². The van der Waals surface area contributed by atoms with Crippen LogP contribution < -0.4 is 0 Å². The van der Waals surface area contributed by atoms with Gasteiger partial charge in [0.25, 0.3) is 0 Å². The lowest BCUT2D eigenvalue weighted by molar-refractivity contribution is 1.26. The maximum Gasteiger partial charge on any atom is 0.146 e. The SMILES string of the molecule is c1ccc2c(c1)Cc1cc3c(cc1-2)c1nc2ccncc2n1c1cccnc31. The van der Waals surface area contributed by atoms with Crippen LogP contribution in [0.15, 0.2) is 73.2 Å². The highest BCUT2D eigenvalue weighted by Gasteiger charge is 2.22. The van der Waals surface area contributed by atoms with Crippen molar-refractivity contribution in [2.75, 3.05) is 0 Å². The molecule has 4 heterocycles. The number of hydrogen-bond acceptors (Lipinski definition) is 3. The number of fused-ring (bicyclic) bond motifs is 11. The number of benzene rings is 2. The smallest absolute Gasteiger partial charge is 0.146 e. The molecule has 0 bridgehead atoms. The third-order valence-electron chi connectivity index (χ3n) is 5.91. The van der Waals surface area contributed by atoms with Crippen LogP contribution in [0, 0.1) is 0 Å². The molecule has 4 heteroatoms. The van der Waals surface area contributed by atoms with Crippen molar-refractivity contribution in [3.05, 3.63) is 84.3 Å². The summed E-state index contributed by atoms with van der Waals surface area (Å²) in [6, 6.07) is 19.4. The summed E-state index contributed by atoms with van der Waals surface area (Å²) in [6.07, 6.45) is 6.52. The molecular formula is C24H14N4. The molecule has 0 amide bonds. The highest BCUT2D eigenvalue weighted by Crippen LogP contribution is 2.41. The minimum absolute atomic E-state index is 0.952. The number of aromatic nitrogens is 4. The molecule has 6 aromatic rings. The first-order chi connectivity index (χ1) is 13.9. The molecule has 0 spiro atoms. The molecule has 4 aromatic heterocycles. The third kappa shape index (κ3) is 1.68. The van der Waals surface area contributed by atoms with Crippen LogP contribution in [0.3, 0.4) is 0 Å². The van der Waals surface area contributed by atoms with Gasteiger partial charge < -0.3 is 0 Å². The van der Waals surface area contributed by atoms with Gasteiger partial charge in [0.15, 0.2) is 0 Å². The van der Waals surface area contributed by atoms with Crippen molar-refractivity contribution >= 4 is 38.5 Å². The second-order valence-electron chi connectivity index (χ2n) is 7.40. The Morgan fingerprint density at radius 2 is 1.75 bits per heavy atom. The zero-order valence-electron chi connectivity index (χ0n) is 14.9. The Morgan fingerprint density at radius 1 is 0.786 bits per heavy atom. The minimum atomic E-state index is 0.952. The summed E-state index contributed by atoms with van der Waals surface area (Å²) in [7, 11) is 0. The van der Waals surface area contributed by atoms with E-state index in [0.29, 0.717) is 0 Å². The van der Waals surface area contributed by atoms with Crippen molar-refractivity contribution in [1.29, 1.82) is 0 Å². The van der Waals surface area contributed by atoms with E-state index in [1.54, 1.807) is 6.20 Å². The zero-order valence-corrected chi connectivity index (χ0v) is 14.9.